The van der Waals surface area contributed by atoms with Crippen LogP contribution < -0.4 is 4.90 Å². The molecule has 0 aliphatic rings. The smallest absolute Gasteiger partial charge is 0.152 e. The summed E-state index contributed by atoms with van der Waals surface area (Å²) in [6, 6.07) is 5.67. The fourth-order valence-electron chi connectivity index (χ4n) is 1.78. The molecule has 0 fully saturated rings. The molecule has 0 heterocycles. The number of aliphatic hydroxyl groups excluding tert-OH is 1. The molecule has 0 saturated carbocycles. The van der Waals surface area contributed by atoms with Gasteiger partial charge in [0.05, 0.1) is 12.7 Å². The van der Waals surface area contributed by atoms with Gasteiger partial charge in [-0.3, -0.25) is 4.79 Å². The fourth-order valence-corrected chi connectivity index (χ4v) is 1.78. The predicted octanol–water partition coefficient (Wildman–Crippen LogP) is 1.25. The Bertz CT molecular complexity index is 379. The van der Waals surface area contributed by atoms with Crippen molar-refractivity contribution in [1.29, 1.82) is 0 Å². The zero-order chi connectivity index (χ0) is 12.8. The molecule has 0 amide bonds. The van der Waals surface area contributed by atoms with E-state index in [1.54, 1.807) is 7.11 Å². The van der Waals surface area contributed by atoms with Gasteiger partial charge in [0.2, 0.25) is 0 Å². The van der Waals surface area contributed by atoms with Gasteiger partial charge >= 0.3 is 0 Å². The lowest BCUT2D eigenvalue weighted by Crippen LogP contribution is -2.32. The van der Waals surface area contributed by atoms with Crippen LogP contribution in [0.15, 0.2) is 18.2 Å². The van der Waals surface area contributed by atoms with Crippen LogP contribution in [0.5, 0.6) is 0 Å². The lowest BCUT2D eigenvalue weighted by Gasteiger charge is -2.23. The highest BCUT2D eigenvalue weighted by molar-refractivity contribution is 5.84. The molecule has 1 N–H and O–H groups in total. The van der Waals surface area contributed by atoms with Gasteiger partial charge in [0.15, 0.2) is 6.29 Å². The number of nitrogens with zero attached hydrogens (tertiary/aromatic N) is 1. The van der Waals surface area contributed by atoms with Crippen molar-refractivity contribution in [3.63, 3.8) is 0 Å². The van der Waals surface area contributed by atoms with Gasteiger partial charge in [-0.25, -0.2) is 0 Å². The summed E-state index contributed by atoms with van der Waals surface area (Å²) >= 11 is 0. The number of rotatable bonds is 6. The summed E-state index contributed by atoms with van der Waals surface area (Å²) in [7, 11) is 3.39. The van der Waals surface area contributed by atoms with Crippen LogP contribution in [0.1, 0.15) is 15.9 Å². The number of hydrogen-bond donors (Lipinski definition) is 1. The van der Waals surface area contributed by atoms with E-state index in [9.17, 15) is 9.90 Å². The second-order valence-corrected chi connectivity index (χ2v) is 4.17. The Hall–Kier alpha value is -1.39. The number of aryl methyl sites for hydroxylation is 1. The van der Waals surface area contributed by atoms with Gasteiger partial charge in [-0.1, -0.05) is 11.6 Å². The lowest BCUT2D eigenvalue weighted by molar-refractivity contribution is 0.0695. The predicted molar refractivity (Wildman–Crippen MR) is 67.7 cm³/mol. The normalized spacial score (nSPS) is 12.2. The minimum atomic E-state index is -0.564. The number of methoxy groups -OCH3 is 1. The number of carbonyl (C=O) groups excluding carboxylic acids is 1. The van der Waals surface area contributed by atoms with Crippen LogP contribution in [0.4, 0.5) is 5.69 Å². The average molecular weight is 237 g/mol. The Morgan fingerprint density at radius 2 is 2.24 bits per heavy atom. The van der Waals surface area contributed by atoms with Gasteiger partial charge < -0.3 is 14.7 Å². The Kier molecular flexibility index (Phi) is 5.12. The number of ether oxygens (including phenoxy) is 1. The first-order valence-corrected chi connectivity index (χ1v) is 5.52. The highest BCUT2D eigenvalue weighted by Crippen LogP contribution is 2.19. The van der Waals surface area contributed by atoms with Crippen molar-refractivity contribution in [3.8, 4) is 0 Å². The Morgan fingerprint density at radius 3 is 2.82 bits per heavy atom. The molecule has 1 unspecified atom stereocenters. The maximum atomic E-state index is 11.0. The third-order valence-corrected chi connectivity index (χ3v) is 2.56. The van der Waals surface area contributed by atoms with Crippen molar-refractivity contribution < 1.29 is 14.6 Å². The van der Waals surface area contributed by atoms with Crippen molar-refractivity contribution in [1.82, 2.24) is 0 Å². The van der Waals surface area contributed by atoms with Crippen molar-refractivity contribution in [3.05, 3.63) is 29.3 Å². The topological polar surface area (TPSA) is 49.8 Å². The van der Waals surface area contributed by atoms with Crippen molar-refractivity contribution in [2.75, 3.05) is 32.2 Å². The van der Waals surface area contributed by atoms with E-state index in [2.05, 4.69) is 0 Å². The highest BCUT2D eigenvalue weighted by atomic mass is 16.5. The first-order chi connectivity index (χ1) is 8.08. The van der Waals surface area contributed by atoms with Gasteiger partial charge in [-0.2, -0.15) is 0 Å². The maximum absolute atomic E-state index is 11.0. The number of benzene rings is 1. The molecule has 1 atom stereocenters. The molecule has 17 heavy (non-hydrogen) atoms. The van der Waals surface area contributed by atoms with Crippen LogP contribution in [0, 0.1) is 6.92 Å². The molecule has 0 spiro atoms. The molecule has 1 aromatic carbocycles. The zero-order valence-electron chi connectivity index (χ0n) is 10.5. The average Bonchev–Trinajstić information content (AvgIpc) is 2.28. The lowest BCUT2D eigenvalue weighted by atomic mass is 10.1. The van der Waals surface area contributed by atoms with E-state index in [-0.39, 0.29) is 6.61 Å². The van der Waals surface area contributed by atoms with Crippen LogP contribution >= 0.6 is 0 Å². The number of carbonyl (C=O) groups is 1. The molecule has 4 heteroatoms. The summed E-state index contributed by atoms with van der Waals surface area (Å²) in [5, 5.41) is 9.64. The first kappa shape index (κ1) is 13.7. The van der Waals surface area contributed by atoms with E-state index in [4.69, 9.17) is 4.74 Å². The van der Waals surface area contributed by atoms with Crippen LogP contribution in [0.25, 0.3) is 0 Å². The molecular weight excluding hydrogens is 218 g/mol. The molecule has 0 aliphatic carbocycles. The maximum Gasteiger partial charge on any atom is 0.152 e. The standard InChI is InChI=1S/C13H19NO3/c1-10-4-5-13(11(6-10)8-15)14(2)7-12(16)9-17-3/h4-6,8,12,16H,7,9H2,1-3H3. The molecule has 0 saturated heterocycles. The Labute approximate surface area is 102 Å². The van der Waals surface area contributed by atoms with Crippen LogP contribution in [0.2, 0.25) is 0 Å². The molecule has 1 rings (SSSR count). The van der Waals surface area contributed by atoms with Crippen LogP contribution in [-0.4, -0.2) is 44.8 Å². The fraction of sp³-hybridized carbons (Fsp3) is 0.462. The summed E-state index contributed by atoms with van der Waals surface area (Å²) in [5.74, 6) is 0. The highest BCUT2D eigenvalue weighted by Gasteiger charge is 2.11. The number of aliphatic hydroxyl groups is 1. The number of aldehydes is 1. The van der Waals surface area contributed by atoms with E-state index in [1.807, 2.05) is 37.1 Å². The van der Waals surface area contributed by atoms with Gasteiger partial charge in [0.25, 0.3) is 0 Å². The van der Waals surface area contributed by atoms with Gasteiger partial charge in [-0.05, 0) is 19.1 Å². The van der Waals surface area contributed by atoms with Gasteiger partial charge in [0, 0.05) is 32.0 Å². The minimum Gasteiger partial charge on any atom is -0.389 e. The Morgan fingerprint density at radius 1 is 1.53 bits per heavy atom. The van der Waals surface area contributed by atoms with Crippen molar-refractivity contribution in [2.45, 2.75) is 13.0 Å². The van der Waals surface area contributed by atoms with Gasteiger partial charge in [0.1, 0.15) is 0 Å². The molecule has 0 radical (unpaired) electrons. The molecule has 94 valence electrons. The van der Waals surface area contributed by atoms with E-state index in [0.29, 0.717) is 12.1 Å². The molecule has 0 aromatic heterocycles. The van der Waals surface area contributed by atoms with Crippen LogP contribution in [-0.2, 0) is 4.74 Å². The zero-order valence-corrected chi connectivity index (χ0v) is 10.5. The van der Waals surface area contributed by atoms with Crippen LogP contribution in [0.3, 0.4) is 0 Å². The molecule has 0 aliphatic heterocycles. The van der Waals surface area contributed by atoms with E-state index in [1.165, 1.54) is 0 Å². The van der Waals surface area contributed by atoms with E-state index < -0.39 is 6.10 Å². The Balaban J connectivity index is 2.81. The SMILES string of the molecule is COCC(O)CN(C)c1ccc(C)cc1C=O. The summed E-state index contributed by atoms with van der Waals surface area (Å²) in [4.78, 5) is 12.8. The third kappa shape index (κ3) is 3.84. The monoisotopic (exact) mass is 237 g/mol. The number of hydrogen-bond acceptors (Lipinski definition) is 4. The van der Waals surface area contributed by atoms with E-state index in [0.717, 1.165) is 17.5 Å². The second kappa shape index (κ2) is 6.37. The van der Waals surface area contributed by atoms with E-state index >= 15 is 0 Å². The summed E-state index contributed by atoms with van der Waals surface area (Å²) in [6.07, 6.45) is 0.271. The minimum absolute atomic E-state index is 0.284. The summed E-state index contributed by atoms with van der Waals surface area (Å²) in [6.45, 7) is 2.65. The van der Waals surface area contributed by atoms with Crippen molar-refractivity contribution in [2.24, 2.45) is 0 Å². The third-order valence-electron chi connectivity index (χ3n) is 2.56. The largest absolute Gasteiger partial charge is 0.389 e. The van der Waals surface area contributed by atoms with Gasteiger partial charge in [-0.15, -0.1) is 0 Å². The van der Waals surface area contributed by atoms with Crippen molar-refractivity contribution >= 4 is 12.0 Å². The summed E-state index contributed by atoms with van der Waals surface area (Å²) < 4.78 is 4.87. The number of likely N-dealkylation sites (N-methyl/N-ethyl adjacent to an activating group) is 1. The summed E-state index contributed by atoms with van der Waals surface area (Å²) in [5.41, 5.74) is 2.50. The number of anilines is 1. The first-order valence-electron chi connectivity index (χ1n) is 5.52. The quantitative estimate of drug-likeness (QED) is 0.757. The molecule has 0 bridgehead atoms. The molecule has 4 nitrogen and oxygen atoms in total. The second-order valence-electron chi connectivity index (χ2n) is 4.17. The molecular formula is C13H19NO3. The molecule has 1 aromatic rings.